The van der Waals surface area contributed by atoms with E-state index in [1.807, 2.05) is 12.5 Å². The molecule has 0 bridgehead atoms. The van der Waals surface area contributed by atoms with Gasteiger partial charge in [-0.1, -0.05) is 6.42 Å². The monoisotopic (exact) mass is 408 g/mol. The van der Waals surface area contributed by atoms with E-state index in [1.54, 1.807) is 11.8 Å². The minimum atomic E-state index is -1.08. The summed E-state index contributed by atoms with van der Waals surface area (Å²) in [6, 6.07) is -2.48. The Morgan fingerprint density at radius 2 is 1.46 bits per heavy atom. The van der Waals surface area contributed by atoms with E-state index in [0.717, 1.165) is 12.8 Å². The van der Waals surface area contributed by atoms with Crippen LogP contribution in [0.15, 0.2) is 0 Å². The molecule has 0 saturated heterocycles. The lowest BCUT2D eigenvalue weighted by Crippen LogP contribution is -2.54. The van der Waals surface area contributed by atoms with E-state index in [0.29, 0.717) is 37.3 Å². The van der Waals surface area contributed by atoms with Crippen molar-refractivity contribution >= 4 is 41.3 Å². The minimum Gasteiger partial charge on any atom is -0.480 e. The van der Waals surface area contributed by atoms with E-state index in [2.05, 4.69) is 10.6 Å². The molecular formula is C16H32N4O4S2. The molecular weight excluding hydrogens is 376 g/mol. The molecule has 152 valence electrons. The third-order valence-corrected chi connectivity index (χ3v) is 5.06. The predicted molar refractivity (Wildman–Crippen MR) is 108 cm³/mol. The highest BCUT2D eigenvalue weighted by molar-refractivity contribution is 7.98. The number of thioether (sulfide) groups is 2. The molecule has 0 aromatic carbocycles. The van der Waals surface area contributed by atoms with Crippen LogP contribution in [-0.4, -0.2) is 71.6 Å². The second-order valence-electron chi connectivity index (χ2n) is 5.91. The molecule has 0 aliphatic rings. The number of rotatable bonds is 15. The van der Waals surface area contributed by atoms with Crippen LogP contribution in [0.2, 0.25) is 0 Å². The first-order chi connectivity index (χ1) is 12.4. The van der Waals surface area contributed by atoms with E-state index in [9.17, 15) is 19.5 Å². The Bertz CT molecular complexity index is 440. The normalized spacial score (nSPS) is 14.3. The highest BCUT2D eigenvalue weighted by atomic mass is 32.2. The third-order valence-electron chi connectivity index (χ3n) is 3.77. The van der Waals surface area contributed by atoms with Crippen molar-refractivity contribution < 1.29 is 19.5 Å². The molecule has 2 amide bonds. The molecule has 0 fully saturated rings. The van der Waals surface area contributed by atoms with Gasteiger partial charge in [-0.25, -0.2) is 4.79 Å². The summed E-state index contributed by atoms with van der Waals surface area (Å²) in [5.74, 6) is -0.704. The van der Waals surface area contributed by atoms with Gasteiger partial charge < -0.3 is 27.2 Å². The van der Waals surface area contributed by atoms with Gasteiger partial charge >= 0.3 is 5.97 Å². The van der Waals surface area contributed by atoms with Gasteiger partial charge in [-0.2, -0.15) is 23.5 Å². The maximum Gasteiger partial charge on any atom is 0.326 e. The van der Waals surface area contributed by atoms with Crippen LogP contribution in [0.1, 0.15) is 32.1 Å². The summed E-state index contributed by atoms with van der Waals surface area (Å²) in [5.41, 5.74) is 11.3. The summed E-state index contributed by atoms with van der Waals surface area (Å²) in [6.45, 7) is 0.541. The lowest BCUT2D eigenvalue weighted by molar-refractivity contribution is -0.142. The largest absolute Gasteiger partial charge is 0.480 e. The maximum absolute atomic E-state index is 12.5. The average Bonchev–Trinajstić information content (AvgIpc) is 2.61. The SMILES string of the molecule is CSCC[C@H](NC(=O)[C@H](CCSC)NC(=O)[C@@H](N)CCCCN)C(=O)O. The van der Waals surface area contributed by atoms with Crippen molar-refractivity contribution in [1.82, 2.24) is 10.6 Å². The molecule has 0 aliphatic heterocycles. The average molecular weight is 409 g/mol. The van der Waals surface area contributed by atoms with Gasteiger partial charge in [-0.3, -0.25) is 9.59 Å². The number of nitrogens with two attached hydrogens (primary N) is 2. The molecule has 0 heterocycles. The van der Waals surface area contributed by atoms with Crippen molar-refractivity contribution in [3.63, 3.8) is 0 Å². The van der Waals surface area contributed by atoms with Gasteiger partial charge in [-0.15, -0.1) is 0 Å². The van der Waals surface area contributed by atoms with Crippen molar-refractivity contribution in [2.75, 3.05) is 30.6 Å². The minimum absolute atomic E-state index is 0.323. The van der Waals surface area contributed by atoms with Gasteiger partial charge in [0.15, 0.2) is 0 Å². The lowest BCUT2D eigenvalue weighted by atomic mass is 10.1. The standard InChI is InChI=1S/C16H32N4O4S2/c1-25-9-6-12(19-14(21)11(18)5-3-4-8-17)15(22)20-13(16(23)24)7-10-26-2/h11-13H,3-10,17-18H2,1-2H3,(H,19,21)(H,20,22)(H,23,24)/t11-,12-,13-/m0/s1. The summed E-state index contributed by atoms with van der Waals surface area (Å²) >= 11 is 3.05. The molecule has 0 aromatic heterocycles. The van der Waals surface area contributed by atoms with E-state index in [1.165, 1.54) is 11.8 Å². The van der Waals surface area contributed by atoms with Crippen LogP contribution in [0.25, 0.3) is 0 Å². The van der Waals surface area contributed by atoms with Gasteiger partial charge in [0.25, 0.3) is 0 Å². The van der Waals surface area contributed by atoms with Crippen molar-refractivity contribution in [1.29, 1.82) is 0 Å². The zero-order valence-corrected chi connectivity index (χ0v) is 17.2. The molecule has 26 heavy (non-hydrogen) atoms. The fourth-order valence-electron chi connectivity index (χ4n) is 2.19. The van der Waals surface area contributed by atoms with Crippen LogP contribution < -0.4 is 22.1 Å². The van der Waals surface area contributed by atoms with E-state index in [-0.39, 0.29) is 0 Å². The second kappa shape index (κ2) is 15.1. The van der Waals surface area contributed by atoms with E-state index in [4.69, 9.17) is 11.5 Å². The van der Waals surface area contributed by atoms with Gasteiger partial charge in [0.2, 0.25) is 11.8 Å². The van der Waals surface area contributed by atoms with Crippen molar-refractivity contribution in [3.8, 4) is 0 Å². The Morgan fingerprint density at radius 3 is 1.96 bits per heavy atom. The second-order valence-corrected chi connectivity index (χ2v) is 7.89. The lowest BCUT2D eigenvalue weighted by Gasteiger charge is -2.22. The number of hydrogen-bond acceptors (Lipinski definition) is 7. The maximum atomic E-state index is 12.5. The third kappa shape index (κ3) is 10.9. The first kappa shape index (κ1) is 25.0. The van der Waals surface area contributed by atoms with Gasteiger partial charge in [-0.05, 0) is 56.2 Å². The van der Waals surface area contributed by atoms with Gasteiger partial charge in [0, 0.05) is 0 Å². The number of nitrogens with one attached hydrogen (secondary N) is 2. The molecule has 3 atom stereocenters. The van der Waals surface area contributed by atoms with Crippen molar-refractivity contribution in [2.45, 2.75) is 50.2 Å². The summed E-state index contributed by atoms with van der Waals surface area (Å²) in [4.78, 5) is 36.0. The Hall–Kier alpha value is -0.970. The molecule has 0 spiro atoms. The fraction of sp³-hybridized carbons (Fsp3) is 0.812. The Kier molecular flexibility index (Phi) is 14.6. The smallest absolute Gasteiger partial charge is 0.326 e. The molecule has 7 N–H and O–H groups in total. The number of aliphatic carboxylic acids is 1. The summed E-state index contributed by atoms with van der Waals surface area (Å²) in [5, 5.41) is 14.4. The molecule has 8 nitrogen and oxygen atoms in total. The number of carbonyl (C=O) groups excluding carboxylic acids is 2. The Morgan fingerprint density at radius 1 is 0.923 bits per heavy atom. The topological polar surface area (TPSA) is 148 Å². The van der Waals surface area contributed by atoms with Crippen molar-refractivity contribution in [2.24, 2.45) is 11.5 Å². The zero-order chi connectivity index (χ0) is 19.9. The fourth-order valence-corrected chi connectivity index (χ4v) is 3.13. The first-order valence-electron chi connectivity index (χ1n) is 8.64. The molecule has 0 saturated carbocycles. The predicted octanol–water partition coefficient (Wildman–Crippen LogP) is 0.00310. The molecule has 0 aliphatic carbocycles. The number of unbranched alkanes of at least 4 members (excludes halogenated alkanes) is 1. The van der Waals surface area contributed by atoms with Gasteiger partial charge in [0.1, 0.15) is 12.1 Å². The number of carboxylic acid groups (broad SMARTS) is 1. The molecule has 10 heteroatoms. The summed E-state index contributed by atoms with van der Waals surface area (Å²) < 4.78 is 0. The van der Waals surface area contributed by atoms with Crippen molar-refractivity contribution in [3.05, 3.63) is 0 Å². The molecule has 0 unspecified atom stereocenters. The molecule has 0 rings (SSSR count). The quantitative estimate of drug-likeness (QED) is 0.238. The van der Waals surface area contributed by atoms with Crippen LogP contribution in [-0.2, 0) is 14.4 Å². The highest BCUT2D eigenvalue weighted by Gasteiger charge is 2.27. The number of amides is 2. The van der Waals surface area contributed by atoms with Gasteiger partial charge in [0.05, 0.1) is 6.04 Å². The Labute approximate surface area is 164 Å². The van der Waals surface area contributed by atoms with Crippen LogP contribution in [0.4, 0.5) is 0 Å². The summed E-state index contributed by atoms with van der Waals surface area (Å²) in [7, 11) is 0. The summed E-state index contributed by atoms with van der Waals surface area (Å²) in [6.07, 6.45) is 6.51. The first-order valence-corrected chi connectivity index (χ1v) is 11.4. The van der Waals surface area contributed by atoms with Crippen LogP contribution in [0, 0.1) is 0 Å². The van der Waals surface area contributed by atoms with E-state index < -0.39 is 35.9 Å². The van der Waals surface area contributed by atoms with E-state index >= 15 is 0 Å². The van der Waals surface area contributed by atoms with Crippen LogP contribution in [0.5, 0.6) is 0 Å². The Balaban J connectivity index is 4.80. The van der Waals surface area contributed by atoms with Crippen LogP contribution >= 0.6 is 23.5 Å². The number of carbonyl (C=O) groups is 3. The highest BCUT2D eigenvalue weighted by Crippen LogP contribution is 2.06. The number of carboxylic acids is 1. The van der Waals surface area contributed by atoms with Crippen LogP contribution in [0.3, 0.4) is 0 Å². The molecule has 0 aromatic rings. The molecule has 0 radical (unpaired) electrons. The number of hydrogen-bond donors (Lipinski definition) is 5. The zero-order valence-electron chi connectivity index (χ0n) is 15.5.